The quantitative estimate of drug-likeness (QED) is 0.272. The third kappa shape index (κ3) is 8.81. The Morgan fingerprint density at radius 3 is 2.27 bits per heavy atom. The molecule has 0 saturated carbocycles. The Kier molecular flexibility index (Phi) is 11.2. The summed E-state index contributed by atoms with van der Waals surface area (Å²) < 4.78 is 27.6. The molecule has 0 bridgehead atoms. The second-order valence-electron chi connectivity index (χ2n) is 9.88. The van der Waals surface area contributed by atoms with Crippen molar-refractivity contribution in [2.24, 2.45) is 0 Å². The highest BCUT2D eigenvalue weighted by Crippen LogP contribution is 2.26. The zero-order valence-corrected chi connectivity index (χ0v) is 26.3. The van der Waals surface area contributed by atoms with Crippen LogP contribution >= 0.6 is 27.5 Å². The van der Waals surface area contributed by atoms with E-state index in [2.05, 4.69) is 21.2 Å². The van der Waals surface area contributed by atoms with Crippen molar-refractivity contribution in [3.8, 4) is 0 Å². The summed E-state index contributed by atoms with van der Waals surface area (Å²) >= 11 is 9.78. The molecule has 3 aromatic carbocycles. The van der Waals surface area contributed by atoms with Gasteiger partial charge in [0.1, 0.15) is 12.6 Å². The van der Waals surface area contributed by atoms with Gasteiger partial charge in [-0.2, -0.15) is 0 Å². The number of hydrogen-bond donors (Lipinski definition) is 1. The number of halogens is 2. The molecule has 0 spiro atoms. The van der Waals surface area contributed by atoms with Crippen LogP contribution in [-0.4, -0.2) is 50.0 Å². The summed E-state index contributed by atoms with van der Waals surface area (Å²) in [5.41, 5.74) is 2.73. The molecule has 214 valence electrons. The highest BCUT2D eigenvalue weighted by Gasteiger charge is 2.33. The smallest absolute Gasteiger partial charge is 0.244 e. The molecule has 1 N–H and O–H groups in total. The maximum absolute atomic E-state index is 14.1. The van der Waals surface area contributed by atoms with E-state index >= 15 is 0 Å². The summed E-state index contributed by atoms with van der Waals surface area (Å²) in [6, 6.07) is 20.8. The molecule has 0 aromatic heterocycles. The third-order valence-corrected chi connectivity index (χ3v) is 8.68. The van der Waals surface area contributed by atoms with Gasteiger partial charge in [-0.15, -0.1) is 0 Å². The van der Waals surface area contributed by atoms with Crippen molar-refractivity contribution in [1.82, 2.24) is 10.2 Å². The molecule has 7 nitrogen and oxygen atoms in total. The number of benzene rings is 3. The first-order chi connectivity index (χ1) is 18.9. The predicted molar refractivity (Wildman–Crippen MR) is 165 cm³/mol. The Bertz CT molecular complexity index is 1440. The van der Waals surface area contributed by atoms with Crippen LogP contribution in [0.25, 0.3) is 0 Å². The molecule has 40 heavy (non-hydrogen) atoms. The van der Waals surface area contributed by atoms with Crippen LogP contribution in [0.5, 0.6) is 0 Å². The lowest BCUT2D eigenvalue weighted by atomic mass is 10.0. The van der Waals surface area contributed by atoms with Crippen LogP contribution in [0.3, 0.4) is 0 Å². The number of nitrogens with zero attached hydrogens (tertiary/aromatic N) is 2. The van der Waals surface area contributed by atoms with Crippen LogP contribution in [0.1, 0.15) is 37.0 Å². The van der Waals surface area contributed by atoms with E-state index in [-0.39, 0.29) is 30.6 Å². The number of amides is 2. The lowest BCUT2D eigenvalue weighted by molar-refractivity contribution is -0.140. The molecule has 2 atom stereocenters. The molecule has 2 amide bonds. The van der Waals surface area contributed by atoms with E-state index in [9.17, 15) is 18.0 Å². The van der Waals surface area contributed by atoms with Gasteiger partial charge < -0.3 is 10.2 Å². The number of anilines is 1. The zero-order valence-electron chi connectivity index (χ0n) is 23.1. The molecule has 3 rings (SSSR count). The maximum atomic E-state index is 14.1. The van der Waals surface area contributed by atoms with Crippen LogP contribution in [0, 0.1) is 6.92 Å². The first-order valence-electron chi connectivity index (χ1n) is 13.0. The van der Waals surface area contributed by atoms with Crippen molar-refractivity contribution in [1.29, 1.82) is 0 Å². The second kappa shape index (κ2) is 14.1. The van der Waals surface area contributed by atoms with Gasteiger partial charge in [-0.3, -0.25) is 13.9 Å². The Morgan fingerprint density at radius 1 is 1.00 bits per heavy atom. The van der Waals surface area contributed by atoms with Crippen molar-refractivity contribution >= 4 is 55.1 Å². The minimum absolute atomic E-state index is 0.101. The van der Waals surface area contributed by atoms with E-state index < -0.39 is 28.5 Å². The molecule has 0 saturated heterocycles. The normalized spacial score (nSPS) is 12.8. The fraction of sp³-hybridized carbons (Fsp3) is 0.333. The minimum Gasteiger partial charge on any atom is -0.352 e. The average molecular weight is 649 g/mol. The van der Waals surface area contributed by atoms with Gasteiger partial charge in [0.15, 0.2) is 0 Å². The fourth-order valence-corrected chi connectivity index (χ4v) is 5.64. The summed E-state index contributed by atoms with van der Waals surface area (Å²) in [6.07, 6.45) is 2.03. The van der Waals surface area contributed by atoms with Crippen molar-refractivity contribution < 1.29 is 18.0 Å². The maximum Gasteiger partial charge on any atom is 0.244 e. The summed E-state index contributed by atoms with van der Waals surface area (Å²) in [5.74, 6) is -0.812. The van der Waals surface area contributed by atoms with Crippen LogP contribution in [0.4, 0.5) is 5.69 Å². The molecule has 0 fully saturated rings. The molecule has 0 aliphatic heterocycles. The number of nitrogens with one attached hydrogen (secondary N) is 1. The van der Waals surface area contributed by atoms with Crippen LogP contribution < -0.4 is 9.62 Å². The molecule has 3 aromatic rings. The van der Waals surface area contributed by atoms with Crippen LogP contribution in [0.15, 0.2) is 77.3 Å². The molecular formula is C30H35BrClN3O4S. The van der Waals surface area contributed by atoms with E-state index in [1.54, 1.807) is 12.1 Å². The van der Waals surface area contributed by atoms with Gasteiger partial charge >= 0.3 is 0 Å². The lowest BCUT2D eigenvalue weighted by Gasteiger charge is -2.34. The summed E-state index contributed by atoms with van der Waals surface area (Å²) in [7, 11) is -3.86. The highest BCUT2D eigenvalue weighted by atomic mass is 79.9. The van der Waals surface area contributed by atoms with Gasteiger partial charge in [0.25, 0.3) is 0 Å². The van der Waals surface area contributed by atoms with Crippen molar-refractivity contribution in [3.05, 3.63) is 99.0 Å². The van der Waals surface area contributed by atoms with Crippen molar-refractivity contribution in [2.45, 2.75) is 52.2 Å². The van der Waals surface area contributed by atoms with Gasteiger partial charge in [-0.25, -0.2) is 8.42 Å². The second-order valence-corrected chi connectivity index (χ2v) is 13.1. The van der Waals surface area contributed by atoms with E-state index in [0.29, 0.717) is 5.02 Å². The molecule has 0 aliphatic carbocycles. The average Bonchev–Trinajstić information content (AvgIpc) is 2.90. The first kappa shape index (κ1) is 31.6. The lowest BCUT2D eigenvalue weighted by Crippen LogP contribution is -2.54. The van der Waals surface area contributed by atoms with Crippen molar-refractivity contribution in [3.63, 3.8) is 0 Å². The van der Waals surface area contributed by atoms with E-state index in [0.717, 1.165) is 38.1 Å². The molecule has 0 heterocycles. The van der Waals surface area contributed by atoms with Gasteiger partial charge in [0.2, 0.25) is 21.8 Å². The fourth-order valence-electron chi connectivity index (χ4n) is 4.18. The number of rotatable bonds is 12. The van der Waals surface area contributed by atoms with Gasteiger partial charge in [0, 0.05) is 28.5 Å². The first-order valence-corrected chi connectivity index (χ1v) is 16.0. The van der Waals surface area contributed by atoms with E-state index in [1.165, 1.54) is 11.0 Å². The highest BCUT2D eigenvalue weighted by molar-refractivity contribution is 9.10. The SMILES string of the molecule is CC[C@H](C)NC(=O)[C@H](Cc1ccccc1)N(Cc1cccc(Br)c1)C(=O)CN(c1ccc(C)c(Cl)c1)S(C)(=O)=O. The van der Waals surface area contributed by atoms with E-state index in [1.807, 2.05) is 75.4 Å². The topological polar surface area (TPSA) is 86.8 Å². The molecule has 0 radical (unpaired) electrons. The Morgan fingerprint density at radius 2 is 1.68 bits per heavy atom. The van der Waals surface area contributed by atoms with Crippen LogP contribution in [0.2, 0.25) is 5.02 Å². The van der Waals surface area contributed by atoms with Gasteiger partial charge in [-0.1, -0.05) is 83.0 Å². The molecule has 0 unspecified atom stereocenters. The largest absolute Gasteiger partial charge is 0.352 e. The third-order valence-electron chi connectivity index (χ3n) is 6.64. The Balaban J connectivity index is 2.07. The Labute approximate surface area is 250 Å². The number of aryl methyl sites for hydroxylation is 1. The number of carbonyl (C=O) groups is 2. The summed E-state index contributed by atoms with van der Waals surface area (Å²) in [4.78, 5) is 29.3. The van der Waals surface area contributed by atoms with Gasteiger partial charge in [-0.05, 0) is 61.2 Å². The van der Waals surface area contributed by atoms with E-state index in [4.69, 9.17) is 11.6 Å². The monoisotopic (exact) mass is 647 g/mol. The summed E-state index contributed by atoms with van der Waals surface area (Å²) in [6.45, 7) is 5.30. The number of sulfonamides is 1. The van der Waals surface area contributed by atoms with Crippen LogP contribution in [-0.2, 0) is 32.6 Å². The Hall–Kier alpha value is -2.88. The molecule has 10 heteroatoms. The minimum atomic E-state index is -3.86. The number of carbonyl (C=O) groups excluding carboxylic acids is 2. The predicted octanol–water partition coefficient (Wildman–Crippen LogP) is 5.73. The van der Waals surface area contributed by atoms with Gasteiger partial charge in [0.05, 0.1) is 11.9 Å². The standard InChI is InChI=1S/C30H35BrClN3O4S/c1-5-22(3)33-30(37)28(17-23-10-7-6-8-11-23)34(19-24-12-9-13-25(31)16-24)29(36)20-35(40(4,38)39)26-15-14-21(2)27(32)18-26/h6-16,18,22,28H,5,17,19-20H2,1-4H3,(H,33,37)/t22-,28-/m0/s1. The number of hydrogen-bond acceptors (Lipinski definition) is 4. The van der Waals surface area contributed by atoms with Crippen molar-refractivity contribution in [2.75, 3.05) is 17.1 Å². The molecule has 0 aliphatic rings. The zero-order chi connectivity index (χ0) is 29.4. The molecular weight excluding hydrogens is 614 g/mol. The summed E-state index contributed by atoms with van der Waals surface area (Å²) in [5, 5.41) is 3.41.